The van der Waals surface area contributed by atoms with Gasteiger partial charge in [-0.15, -0.1) is 0 Å². The third kappa shape index (κ3) is 6.72. The average Bonchev–Trinajstić information content (AvgIpc) is 1.79. The van der Waals surface area contributed by atoms with E-state index in [1.165, 1.54) is 61.2 Å². The van der Waals surface area contributed by atoms with Gasteiger partial charge in [0.1, 0.15) is 22.7 Å². The lowest BCUT2D eigenvalue weighted by Gasteiger charge is -2.40. The lowest BCUT2D eigenvalue weighted by molar-refractivity contribution is 0.447. The van der Waals surface area contributed by atoms with Crippen molar-refractivity contribution in [2.24, 2.45) is 0 Å². The second kappa shape index (κ2) is 18.2. The molecule has 3 heteroatoms. The van der Waals surface area contributed by atoms with Crippen LogP contribution in [0.3, 0.4) is 0 Å². The summed E-state index contributed by atoms with van der Waals surface area (Å²) >= 11 is 0. The van der Waals surface area contributed by atoms with Gasteiger partial charge in [-0.05, 0) is 143 Å². The molecule has 0 radical (unpaired) electrons. The monoisotopic (exact) mass is 1080 g/mol. The smallest absolute Gasteiger partial charge is 0.140 e. The van der Waals surface area contributed by atoms with E-state index in [9.17, 15) is 0 Å². The number of anilines is 3. The summed E-state index contributed by atoms with van der Waals surface area (Å²) in [5.74, 6) is 1.83. The van der Waals surface area contributed by atoms with Gasteiger partial charge in [-0.1, -0.05) is 255 Å². The molecule has 2 aliphatic carbocycles. The van der Waals surface area contributed by atoms with Crippen molar-refractivity contribution in [2.75, 3.05) is 4.90 Å². The summed E-state index contributed by atoms with van der Waals surface area (Å²) < 4.78 is 13.7. The van der Waals surface area contributed by atoms with Crippen molar-refractivity contribution in [3.05, 3.63) is 354 Å². The molecule has 14 aromatic carbocycles. The van der Waals surface area contributed by atoms with Crippen molar-refractivity contribution in [3.63, 3.8) is 0 Å². The van der Waals surface area contributed by atoms with Crippen molar-refractivity contribution in [3.8, 4) is 56.0 Å². The summed E-state index contributed by atoms with van der Waals surface area (Å²) in [5, 5.41) is 6.79. The number of furan rings is 1. The molecule has 0 fully saturated rings. The third-order valence-electron chi connectivity index (χ3n) is 18.8. The molecule has 0 saturated carbocycles. The molecule has 1 spiro atoms. The molecule has 2 heterocycles. The highest BCUT2D eigenvalue weighted by Gasteiger charge is 2.52. The lowest BCUT2D eigenvalue weighted by atomic mass is 9.65. The van der Waals surface area contributed by atoms with Crippen LogP contribution in [0.4, 0.5) is 17.1 Å². The quantitative estimate of drug-likeness (QED) is 0.159. The van der Waals surface area contributed by atoms with Gasteiger partial charge < -0.3 is 14.1 Å². The van der Waals surface area contributed by atoms with E-state index in [4.69, 9.17) is 9.15 Å². The van der Waals surface area contributed by atoms with Crippen molar-refractivity contribution < 1.29 is 9.15 Å². The summed E-state index contributed by atoms with van der Waals surface area (Å²) in [6, 6.07) is 114. The number of para-hydroxylation sites is 1. The number of hydrogen-bond acceptors (Lipinski definition) is 3. The van der Waals surface area contributed by atoms with E-state index in [2.05, 4.69) is 302 Å². The lowest BCUT2D eigenvalue weighted by Crippen LogP contribution is -2.32. The Morgan fingerprint density at radius 2 is 0.741 bits per heavy atom. The Morgan fingerprint density at radius 3 is 1.41 bits per heavy atom. The standard InChI is InChI=1S/C82H51NO2/c1-3-20-57(21-4-1)81(58-22-5-2-6-23-58)70-30-14-11-26-65(70)69-51-61(45-49-72(69)81)83(59-41-34-52(35-42-59)56-38-46-67-66-27-13-16-33-76(66)84-77(67)50-56)60-43-36-55(37-44-60)62-29-17-32-73-78(62)68-28-12-15-31-71(68)82(73)74-47-39-53-18-7-9-24-63(53)79(74)85-80-64-25-10-8-19-54(64)40-48-75(80)82/h1-51H. The van der Waals surface area contributed by atoms with Crippen molar-refractivity contribution in [1.82, 2.24) is 0 Å². The first-order valence-electron chi connectivity index (χ1n) is 29.4. The van der Waals surface area contributed by atoms with Gasteiger partial charge in [-0.25, -0.2) is 0 Å². The SMILES string of the molecule is c1ccc(C2(c3ccccc3)c3ccccc3-c3cc(N(c4ccc(-c5ccc6c(c5)oc5ccccc56)cc4)c4ccc(-c5cccc6c5-c5ccccc5C65c6ccc7ccccc7c6Oc6c5ccc5ccccc65)cc4)ccc32)cc1. The molecule has 1 aromatic heterocycles. The maximum atomic E-state index is 7.28. The van der Waals surface area contributed by atoms with E-state index in [-0.39, 0.29) is 0 Å². The highest BCUT2D eigenvalue weighted by atomic mass is 16.5. The summed E-state index contributed by atoms with van der Waals surface area (Å²) in [6.45, 7) is 0. The largest absolute Gasteiger partial charge is 0.456 e. The molecule has 15 aromatic rings. The van der Waals surface area contributed by atoms with Crippen LogP contribution in [0.5, 0.6) is 11.5 Å². The summed E-state index contributed by atoms with van der Waals surface area (Å²) in [4.78, 5) is 2.42. The predicted molar refractivity (Wildman–Crippen MR) is 349 cm³/mol. The Balaban J connectivity index is 0.810. The molecule has 0 amide bonds. The molecule has 0 atom stereocenters. The number of benzene rings is 14. The van der Waals surface area contributed by atoms with Crippen LogP contribution in [-0.2, 0) is 10.8 Å². The van der Waals surface area contributed by atoms with Crippen LogP contribution in [0.25, 0.3) is 88.0 Å². The second-order valence-electron chi connectivity index (χ2n) is 22.9. The van der Waals surface area contributed by atoms with Gasteiger partial charge in [-0.2, -0.15) is 0 Å². The maximum Gasteiger partial charge on any atom is 0.140 e. The van der Waals surface area contributed by atoms with Gasteiger partial charge in [0, 0.05) is 49.7 Å². The molecule has 0 bridgehead atoms. The van der Waals surface area contributed by atoms with Gasteiger partial charge >= 0.3 is 0 Å². The van der Waals surface area contributed by atoms with Crippen LogP contribution < -0.4 is 9.64 Å². The van der Waals surface area contributed by atoms with E-state index in [0.717, 1.165) is 99.9 Å². The fraction of sp³-hybridized carbons (Fsp3) is 0.0244. The normalized spacial score (nSPS) is 13.7. The van der Waals surface area contributed by atoms with Crippen LogP contribution in [0.1, 0.15) is 44.5 Å². The zero-order valence-corrected chi connectivity index (χ0v) is 46.2. The van der Waals surface area contributed by atoms with Crippen LogP contribution in [-0.4, -0.2) is 0 Å². The molecule has 1 aliphatic heterocycles. The van der Waals surface area contributed by atoms with Crippen LogP contribution in [0.15, 0.2) is 314 Å². The fourth-order valence-electron chi connectivity index (χ4n) is 15.2. The molecule has 18 rings (SSSR count). The van der Waals surface area contributed by atoms with Crippen LogP contribution in [0.2, 0.25) is 0 Å². The van der Waals surface area contributed by atoms with Crippen LogP contribution in [0, 0.1) is 0 Å². The molecule has 85 heavy (non-hydrogen) atoms. The minimum absolute atomic E-state index is 0.508. The Bertz CT molecular complexity index is 5090. The fourth-order valence-corrected chi connectivity index (χ4v) is 15.2. The second-order valence-corrected chi connectivity index (χ2v) is 22.9. The minimum atomic E-state index is -0.648. The predicted octanol–water partition coefficient (Wildman–Crippen LogP) is 21.5. The van der Waals surface area contributed by atoms with E-state index in [1.807, 2.05) is 12.1 Å². The maximum absolute atomic E-state index is 7.28. The van der Waals surface area contributed by atoms with Gasteiger partial charge in [0.2, 0.25) is 0 Å². The van der Waals surface area contributed by atoms with Gasteiger partial charge in [0.15, 0.2) is 0 Å². The zero-order chi connectivity index (χ0) is 55.8. The first kappa shape index (κ1) is 47.6. The summed E-state index contributed by atoms with van der Waals surface area (Å²) in [5.41, 5.74) is 23.2. The average molecular weight is 1080 g/mol. The third-order valence-corrected chi connectivity index (χ3v) is 18.8. The van der Waals surface area contributed by atoms with Crippen LogP contribution >= 0.6 is 0 Å². The molecule has 396 valence electrons. The Labute approximate surface area is 492 Å². The molecular formula is C82H51NO2. The summed E-state index contributed by atoms with van der Waals surface area (Å²) in [6.07, 6.45) is 0. The molecule has 3 aliphatic rings. The molecular weight excluding hydrogens is 1030 g/mol. The Hall–Kier alpha value is -11.0. The number of fused-ring (bicyclic) bond motifs is 19. The first-order valence-corrected chi connectivity index (χ1v) is 29.4. The number of rotatable bonds is 7. The van der Waals surface area contributed by atoms with E-state index in [0.29, 0.717) is 0 Å². The topological polar surface area (TPSA) is 25.6 Å². The molecule has 3 nitrogen and oxygen atoms in total. The summed E-state index contributed by atoms with van der Waals surface area (Å²) in [7, 11) is 0. The highest BCUT2D eigenvalue weighted by Crippen LogP contribution is 2.65. The zero-order valence-electron chi connectivity index (χ0n) is 46.2. The number of hydrogen-bond donors (Lipinski definition) is 0. The van der Waals surface area contributed by atoms with E-state index >= 15 is 0 Å². The Kier molecular flexibility index (Phi) is 10.2. The van der Waals surface area contributed by atoms with Gasteiger partial charge in [0.25, 0.3) is 0 Å². The molecule has 0 N–H and O–H groups in total. The Morgan fingerprint density at radius 1 is 0.259 bits per heavy atom. The first-order chi connectivity index (χ1) is 42.1. The molecule has 0 unspecified atom stereocenters. The van der Waals surface area contributed by atoms with E-state index < -0.39 is 10.8 Å². The van der Waals surface area contributed by atoms with Gasteiger partial charge in [0.05, 0.1) is 10.8 Å². The van der Waals surface area contributed by atoms with Crippen molar-refractivity contribution in [2.45, 2.75) is 10.8 Å². The number of nitrogens with zero attached hydrogens (tertiary/aromatic N) is 1. The number of ether oxygens (including phenoxy) is 1. The van der Waals surface area contributed by atoms with Crippen molar-refractivity contribution in [1.29, 1.82) is 0 Å². The minimum Gasteiger partial charge on any atom is -0.456 e. The highest BCUT2D eigenvalue weighted by molar-refractivity contribution is 6.06. The van der Waals surface area contributed by atoms with Crippen molar-refractivity contribution >= 4 is 60.5 Å². The molecule has 0 saturated heterocycles. The van der Waals surface area contributed by atoms with Gasteiger partial charge in [-0.3, -0.25) is 0 Å². The van der Waals surface area contributed by atoms with E-state index in [1.54, 1.807) is 0 Å².